The number of carbonyl (C=O) groups excluding carboxylic acids is 1. The van der Waals surface area contributed by atoms with E-state index in [1.54, 1.807) is 6.92 Å². The number of terminal acetylenes is 1. The third-order valence-electron chi connectivity index (χ3n) is 2.83. The number of rotatable bonds is 7. The summed E-state index contributed by atoms with van der Waals surface area (Å²) < 4.78 is 9.80. The molecule has 1 aromatic carbocycles. The van der Waals surface area contributed by atoms with Crippen molar-refractivity contribution in [2.75, 3.05) is 12.4 Å². The van der Waals surface area contributed by atoms with Gasteiger partial charge < -0.3 is 14.8 Å². The van der Waals surface area contributed by atoms with Gasteiger partial charge in [-0.05, 0) is 51.1 Å². The third-order valence-corrected chi connectivity index (χ3v) is 2.83. The number of nitrogens with one attached hydrogen (secondary N) is 1. The number of ether oxygens (including phenoxy) is 2. The molecule has 7 nitrogen and oxygen atoms in total. The largest absolute Gasteiger partial charge is 0.491 e. The van der Waals surface area contributed by atoms with E-state index in [9.17, 15) is 14.9 Å². The lowest BCUT2D eigenvalue weighted by molar-refractivity contribution is -0.424. The topological polar surface area (TPSA) is 90.7 Å². The number of allylic oxidation sites excluding steroid dienone is 3. The predicted molar refractivity (Wildman–Crippen MR) is 126 cm³/mol. The third kappa shape index (κ3) is 24.7. The van der Waals surface area contributed by atoms with Crippen molar-refractivity contribution in [1.29, 1.82) is 0 Å². The molecular weight excluding hydrogens is 384 g/mol. The zero-order chi connectivity index (χ0) is 24.5. The number of carbonyl (C=O) groups is 1. The fraction of sp³-hybridized carbons (Fsp3) is 0.435. The second kappa shape index (κ2) is 25.7. The minimum absolute atomic E-state index is 0.194. The van der Waals surface area contributed by atoms with Crippen LogP contribution in [0.1, 0.15) is 54.9 Å². The molecule has 0 aliphatic rings. The van der Waals surface area contributed by atoms with Gasteiger partial charge in [0.15, 0.2) is 0 Å². The number of nitro groups is 1. The summed E-state index contributed by atoms with van der Waals surface area (Å²) in [5.74, 6) is 1.43. The van der Waals surface area contributed by atoms with Gasteiger partial charge in [-0.15, -0.1) is 12.8 Å². The van der Waals surface area contributed by atoms with Crippen LogP contribution in [0, 0.1) is 23.0 Å². The van der Waals surface area contributed by atoms with Crippen molar-refractivity contribution in [2.45, 2.75) is 61.0 Å². The molecule has 0 spiro atoms. The van der Waals surface area contributed by atoms with Gasteiger partial charge in [-0.25, -0.2) is 0 Å². The molecule has 0 saturated carbocycles. The molecule has 0 aliphatic heterocycles. The molecule has 0 unspecified atom stereocenters. The molecule has 0 amide bonds. The summed E-state index contributed by atoms with van der Waals surface area (Å²) in [5, 5.41) is 12.7. The highest BCUT2D eigenvalue weighted by Gasteiger charge is 1.96. The van der Waals surface area contributed by atoms with Gasteiger partial charge in [0.1, 0.15) is 5.75 Å². The van der Waals surface area contributed by atoms with Gasteiger partial charge in [0.25, 0.3) is 6.47 Å². The number of benzene rings is 1. The monoisotopic (exact) mass is 422 g/mol. The van der Waals surface area contributed by atoms with E-state index >= 15 is 0 Å². The normalized spacial score (nSPS) is 8.70. The SMILES string of the molecule is C#C.C/C=C(\C)[N+](=O)[O-].C=C(CC)OC=O.CC.CNc1ccc(OC(C)C)cc1. The van der Waals surface area contributed by atoms with E-state index in [-0.39, 0.29) is 11.8 Å². The Morgan fingerprint density at radius 3 is 1.93 bits per heavy atom. The molecule has 7 heteroatoms. The molecule has 0 bridgehead atoms. The highest BCUT2D eigenvalue weighted by Crippen LogP contribution is 2.15. The first-order valence-electron chi connectivity index (χ1n) is 9.54. The standard InChI is InChI=1S/C10H15NO.C5H8O2.C4H7NO2.C2H6.C2H2/c1-8(2)12-10-6-4-9(11-3)5-7-10;1-3-5(2)7-4-6;1-3-4(2)5(6)7;2*1-2/h4-8,11H,1-3H3;4H,2-3H2,1H3;3H,1-2H3;1-2H3;1-2H/b;;4-3+;;. The lowest BCUT2D eigenvalue weighted by Crippen LogP contribution is -2.05. The van der Waals surface area contributed by atoms with Crippen LogP contribution < -0.4 is 10.1 Å². The molecule has 1 rings (SSSR count). The Bertz CT molecular complexity index is 606. The van der Waals surface area contributed by atoms with Crippen molar-refractivity contribution in [3.8, 4) is 18.6 Å². The molecule has 1 aromatic rings. The number of anilines is 1. The van der Waals surface area contributed by atoms with E-state index in [1.807, 2.05) is 65.9 Å². The molecule has 0 radical (unpaired) electrons. The predicted octanol–water partition coefficient (Wildman–Crippen LogP) is 6.06. The summed E-state index contributed by atoms with van der Waals surface area (Å²) >= 11 is 0. The van der Waals surface area contributed by atoms with Crippen molar-refractivity contribution in [2.24, 2.45) is 0 Å². The second-order valence-electron chi connectivity index (χ2n) is 5.23. The number of hydrogen-bond donors (Lipinski definition) is 1. The zero-order valence-electron chi connectivity index (χ0n) is 19.6. The highest BCUT2D eigenvalue weighted by atomic mass is 16.6. The quantitative estimate of drug-likeness (QED) is 0.189. The lowest BCUT2D eigenvalue weighted by atomic mass is 10.3. The fourth-order valence-corrected chi connectivity index (χ4v) is 1.23. The summed E-state index contributed by atoms with van der Waals surface area (Å²) in [6.45, 7) is 16.8. The Balaban J connectivity index is -0.000000164. The fourth-order valence-electron chi connectivity index (χ4n) is 1.23. The van der Waals surface area contributed by atoms with Crippen molar-refractivity contribution >= 4 is 12.2 Å². The summed E-state index contributed by atoms with van der Waals surface area (Å²) in [5.41, 5.74) is 1.30. The van der Waals surface area contributed by atoms with Crippen molar-refractivity contribution in [1.82, 2.24) is 0 Å². The van der Waals surface area contributed by atoms with E-state index in [2.05, 4.69) is 29.5 Å². The summed E-state index contributed by atoms with van der Waals surface area (Å²) in [4.78, 5) is 18.7. The Labute approximate surface area is 182 Å². The molecule has 0 saturated heterocycles. The molecule has 1 N–H and O–H groups in total. The van der Waals surface area contributed by atoms with Gasteiger partial charge >= 0.3 is 0 Å². The van der Waals surface area contributed by atoms with E-state index in [0.717, 1.165) is 11.4 Å². The summed E-state index contributed by atoms with van der Waals surface area (Å²) in [7, 11) is 1.90. The van der Waals surface area contributed by atoms with Crippen LogP contribution >= 0.6 is 0 Å². The van der Waals surface area contributed by atoms with Gasteiger partial charge in [0, 0.05) is 26.1 Å². The Kier molecular flexibility index (Phi) is 29.4. The maximum atomic E-state index is 9.67. The van der Waals surface area contributed by atoms with Crippen LogP contribution in [0.5, 0.6) is 5.75 Å². The average Bonchev–Trinajstić information content (AvgIpc) is 2.77. The van der Waals surface area contributed by atoms with Crippen molar-refractivity contribution < 1.29 is 19.2 Å². The lowest BCUT2D eigenvalue weighted by Gasteiger charge is -2.09. The van der Waals surface area contributed by atoms with Gasteiger partial charge in [-0.2, -0.15) is 0 Å². The Morgan fingerprint density at radius 2 is 1.73 bits per heavy atom. The van der Waals surface area contributed by atoms with Crippen LogP contribution in [0.25, 0.3) is 0 Å². The highest BCUT2D eigenvalue weighted by molar-refractivity contribution is 5.45. The molecule has 0 heterocycles. The van der Waals surface area contributed by atoms with Gasteiger partial charge in [-0.3, -0.25) is 14.9 Å². The minimum Gasteiger partial charge on any atom is -0.491 e. The summed E-state index contributed by atoms with van der Waals surface area (Å²) in [6, 6.07) is 7.92. The van der Waals surface area contributed by atoms with Gasteiger partial charge in [-0.1, -0.05) is 27.4 Å². The zero-order valence-corrected chi connectivity index (χ0v) is 19.6. The minimum atomic E-state index is -0.417. The maximum Gasteiger partial charge on any atom is 0.298 e. The van der Waals surface area contributed by atoms with Crippen molar-refractivity contribution in [3.05, 3.63) is 58.5 Å². The Hall–Kier alpha value is -3.27. The van der Waals surface area contributed by atoms with Gasteiger partial charge in [0.2, 0.25) is 5.70 Å². The maximum absolute atomic E-state index is 9.67. The van der Waals surface area contributed by atoms with Crippen LogP contribution in [0.15, 0.2) is 48.4 Å². The Morgan fingerprint density at radius 1 is 1.27 bits per heavy atom. The number of nitrogens with zero attached hydrogens (tertiary/aromatic N) is 1. The van der Waals surface area contributed by atoms with E-state index in [1.165, 1.54) is 13.0 Å². The first-order chi connectivity index (χ1) is 14.2. The van der Waals surface area contributed by atoms with E-state index < -0.39 is 4.92 Å². The van der Waals surface area contributed by atoms with Crippen molar-refractivity contribution in [3.63, 3.8) is 0 Å². The van der Waals surface area contributed by atoms with E-state index in [4.69, 9.17) is 4.74 Å². The molecule has 30 heavy (non-hydrogen) atoms. The van der Waals surface area contributed by atoms with E-state index in [0.29, 0.717) is 18.7 Å². The van der Waals surface area contributed by atoms with Gasteiger partial charge in [0.05, 0.1) is 16.8 Å². The average molecular weight is 423 g/mol. The molecule has 0 atom stereocenters. The van der Waals surface area contributed by atoms with Crippen LogP contribution in [0.3, 0.4) is 0 Å². The number of hydrogen-bond acceptors (Lipinski definition) is 6. The second-order valence-corrected chi connectivity index (χ2v) is 5.23. The molecular formula is C23H38N2O5. The van der Waals surface area contributed by atoms with Crippen LogP contribution in [0.4, 0.5) is 5.69 Å². The van der Waals surface area contributed by atoms with Crippen LogP contribution in [0.2, 0.25) is 0 Å². The first-order valence-corrected chi connectivity index (χ1v) is 9.54. The molecule has 0 fully saturated rings. The molecule has 0 aliphatic carbocycles. The first kappa shape index (κ1) is 34.3. The van der Waals surface area contributed by atoms with Crippen LogP contribution in [-0.2, 0) is 9.53 Å². The smallest absolute Gasteiger partial charge is 0.298 e. The van der Waals surface area contributed by atoms with Crippen LogP contribution in [-0.4, -0.2) is 24.5 Å². The summed E-state index contributed by atoms with van der Waals surface area (Å²) in [6.07, 6.45) is 10.4. The molecule has 170 valence electrons. The molecule has 0 aromatic heterocycles.